The van der Waals surface area contributed by atoms with E-state index in [9.17, 15) is 13.2 Å². The Morgan fingerprint density at radius 2 is 1.86 bits per heavy atom. The normalized spacial score (nSPS) is 13.9. The van der Waals surface area contributed by atoms with Gasteiger partial charge in [0.2, 0.25) is 0 Å². The lowest BCUT2D eigenvalue weighted by Crippen LogP contribution is -2.07. The molecule has 1 aliphatic rings. The maximum Gasteiger partial charge on any atom is 0.417 e. The van der Waals surface area contributed by atoms with Gasteiger partial charge in [0.15, 0.2) is 0 Å². The Morgan fingerprint density at radius 3 is 2.55 bits per heavy atom. The number of rotatable bonds is 2. The number of hydrogen-bond acceptors (Lipinski definition) is 3. The maximum atomic E-state index is 13.3. The van der Waals surface area contributed by atoms with E-state index in [-0.39, 0.29) is 5.02 Å². The zero-order valence-electron chi connectivity index (χ0n) is 15.2. The van der Waals surface area contributed by atoms with Crippen LogP contribution in [0, 0.1) is 11.3 Å². The number of nitriles is 1. The second kappa shape index (κ2) is 7.45. The van der Waals surface area contributed by atoms with Crippen molar-refractivity contribution in [2.75, 3.05) is 11.9 Å². The lowest BCUT2D eigenvalue weighted by molar-refractivity contribution is -0.137. The first-order chi connectivity index (χ1) is 13.9. The van der Waals surface area contributed by atoms with Crippen LogP contribution in [0.4, 0.5) is 19.0 Å². The fraction of sp³-hybridized carbons (Fsp3) is 0.238. The molecule has 0 bridgehead atoms. The monoisotopic (exact) mass is 416 g/mol. The summed E-state index contributed by atoms with van der Waals surface area (Å²) in [5, 5.41) is 16.7. The van der Waals surface area contributed by atoms with Gasteiger partial charge in [-0.05, 0) is 55.7 Å². The van der Waals surface area contributed by atoms with Crippen molar-refractivity contribution in [2.45, 2.75) is 25.4 Å². The van der Waals surface area contributed by atoms with Crippen molar-refractivity contribution in [3.63, 3.8) is 0 Å². The molecule has 0 aliphatic carbocycles. The van der Waals surface area contributed by atoms with E-state index in [1.54, 1.807) is 35.0 Å². The summed E-state index contributed by atoms with van der Waals surface area (Å²) in [6.07, 6.45) is -1.97. The molecule has 3 aromatic rings. The molecule has 0 saturated heterocycles. The number of nitrogens with one attached hydrogen (secondary N) is 1. The second-order valence-corrected chi connectivity index (χ2v) is 7.23. The van der Waals surface area contributed by atoms with Gasteiger partial charge in [0, 0.05) is 17.7 Å². The SMILES string of the molecule is N#Cc1ccc(-n2nc(-c3ccc(Cl)c(C(F)(F)F)c3)c3c2NCCCC3)cc1. The molecule has 2 heterocycles. The van der Waals surface area contributed by atoms with Crippen molar-refractivity contribution >= 4 is 17.4 Å². The minimum absolute atomic E-state index is 0.336. The number of halogens is 4. The number of benzene rings is 2. The molecule has 1 aliphatic heterocycles. The van der Waals surface area contributed by atoms with E-state index in [1.165, 1.54) is 6.07 Å². The molecule has 1 N–H and O–H groups in total. The van der Waals surface area contributed by atoms with Crippen molar-refractivity contribution in [2.24, 2.45) is 0 Å². The lowest BCUT2D eigenvalue weighted by atomic mass is 10.0. The Labute approximate surface area is 170 Å². The third-order valence-corrected chi connectivity index (χ3v) is 5.25. The summed E-state index contributed by atoms with van der Waals surface area (Å²) in [6.45, 7) is 0.753. The summed E-state index contributed by atoms with van der Waals surface area (Å²) in [4.78, 5) is 0. The molecule has 4 rings (SSSR count). The van der Waals surface area contributed by atoms with Crippen molar-refractivity contribution in [1.82, 2.24) is 9.78 Å². The third kappa shape index (κ3) is 3.68. The molecule has 0 saturated carbocycles. The first kappa shape index (κ1) is 19.3. The van der Waals surface area contributed by atoms with Crippen LogP contribution in [0.3, 0.4) is 0 Å². The molecular weight excluding hydrogens is 401 g/mol. The van der Waals surface area contributed by atoms with Gasteiger partial charge in [-0.3, -0.25) is 0 Å². The maximum absolute atomic E-state index is 13.3. The number of anilines is 1. The summed E-state index contributed by atoms with van der Waals surface area (Å²) >= 11 is 5.78. The molecule has 0 unspecified atom stereocenters. The van der Waals surface area contributed by atoms with Gasteiger partial charge in [0.05, 0.1) is 33.6 Å². The van der Waals surface area contributed by atoms with Gasteiger partial charge < -0.3 is 5.32 Å². The largest absolute Gasteiger partial charge is 0.417 e. The van der Waals surface area contributed by atoms with Crippen LogP contribution in [0.15, 0.2) is 42.5 Å². The Kier molecular flexibility index (Phi) is 4.97. The van der Waals surface area contributed by atoms with Crippen molar-refractivity contribution in [3.8, 4) is 23.0 Å². The van der Waals surface area contributed by atoms with E-state index < -0.39 is 11.7 Å². The Hall–Kier alpha value is -2.98. The molecule has 2 aromatic carbocycles. The summed E-state index contributed by atoms with van der Waals surface area (Å²) in [7, 11) is 0. The number of hydrogen-bond donors (Lipinski definition) is 1. The van der Waals surface area contributed by atoms with E-state index in [1.807, 2.05) is 0 Å². The summed E-state index contributed by atoms with van der Waals surface area (Å²) in [5.41, 5.74) is 2.12. The minimum atomic E-state index is -4.54. The van der Waals surface area contributed by atoms with Gasteiger partial charge >= 0.3 is 6.18 Å². The van der Waals surface area contributed by atoms with Crippen molar-refractivity contribution < 1.29 is 13.2 Å². The molecule has 4 nitrogen and oxygen atoms in total. The van der Waals surface area contributed by atoms with Crippen LogP contribution in [0.2, 0.25) is 5.02 Å². The van der Waals surface area contributed by atoms with Gasteiger partial charge in [0.25, 0.3) is 0 Å². The second-order valence-electron chi connectivity index (χ2n) is 6.82. The van der Waals surface area contributed by atoms with Crippen molar-refractivity contribution in [3.05, 3.63) is 64.2 Å². The summed E-state index contributed by atoms with van der Waals surface area (Å²) in [6, 6.07) is 12.9. The van der Waals surface area contributed by atoms with Gasteiger partial charge in [-0.25, -0.2) is 4.68 Å². The van der Waals surface area contributed by atoms with E-state index in [0.29, 0.717) is 23.2 Å². The molecule has 0 atom stereocenters. The Bertz CT molecular complexity index is 1090. The first-order valence-corrected chi connectivity index (χ1v) is 9.49. The summed E-state index contributed by atoms with van der Waals surface area (Å²) < 4.78 is 41.7. The van der Waals surface area contributed by atoms with Crippen LogP contribution in [0.5, 0.6) is 0 Å². The standard InChI is InChI=1S/C21H16ClF3N4/c22-18-9-6-14(11-17(18)21(23,24)25)19-16-3-1-2-10-27-20(16)29(28-19)15-7-4-13(12-26)5-8-15/h4-9,11,27H,1-3,10H2. The van der Waals surface area contributed by atoms with Gasteiger partial charge in [-0.2, -0.15) is 23.5 Å². The van der Waals surface area contributed by atoms with Crippen LogP contribution >= 0.6 is 11.6 Å². The van der Waals surface area contributed by atoms with E-state index in [0.717, 1.165) is 42.5 Å². The molecule has 1 aromatic heterocycles. The molecule has 0 radical (unpaired) electrons. The molecular formula is C21H16ClF3N4. The highest BCUT2D eigenvalue weighted by molar-refractivity contribution is 6.31. The van der Waals surface area contributed by atoms with Crippen LogP contribution < -0.4 is 5.32 Å². The number of nitrogens with zero attached hydrogens (tertiary/aromatic N) is 3. The zero-order chi connectivity index (χ0) is 20.6. The van der Waals surface area contributed by atoms with Crippen molar-refractivity contribution in [1.29, 1.82) is 5.26 Å². The molecule has 148 valence electrons. The molecule has 29 heavy (non-hydrogen) atoms. The van der Waals surface area contributed by atoms with Gasteiger partial charge in [-0.1, -0.05) is 17.7 Å². The number of alkyl halides is 3. The highest BCUT2D eigenvalue weighted by Crippen LogP contribution is 2.39. The Morgan fingerprint density at radius 1 is 1.10 bits per heavy atom. The molecule has 8 heteroatoms. The summed E-state index contributed by atoms with van der Waals surface area (Å²) in [5.74, 6) is 0.769. The fourth-order valence-electron chi connectivity index (χ4n) is 3.49. The predicted molar refractivity (Wildman–Crippen MR) is 105 cm³/mol. The molecule has 0 fully saturated rings. The minimum Gasteiger partial charge on any atom is -0.370 e. The highest BCUT2D eigenvalue weighted by atomic mass is 35.5. The highest BCUT2D eigenvalue weighted by Gasteiger charge is 2.34. The van der Waals surface area contributed by atoms with Crippen LogP contribution in [0.25, 0.3) is 16.9 Å². The topological polar surface area (TPSA) is 53.6 Å². The third-order valence-electron chi connectivity index (χ3n) is 4.92. The zero-order valence-corrected chi connectivity index (χ0v) is 16.0. The smallest absolute Gasteiger partial charge is 0.370 e. The first-order valence-electron chi connectivity index (χ1n) is 9.12. The van der Waals surface area contributed by atoms with Crippen LogP contribution in [0.1, 0.15) is 29.5 Å². The number of aromatic nitrogens is 2. The van der Waals surface area contributed by atoms with Crippen LogP contribution in [-0.4, -0.2) is 16.3 Å². The molecule has 0 amide bonds. The van der Waals surface area contributed by atoms with E-state index in [2.05, 4.69) is 16.5 Å². The van der Waals surface area contributed by atoms with E-state index in [4.69, 9.17) is 16.9 Å². The average molecular weight is 417 g/mol. The Balaban J connectivity index is 1.89. The number of fused-ring (bicyclic) bond motifs is 1. The quantitative estimate of drug-likeness (QED) is 0.571. The van der Waals surface area contributed by atoms with Gasteiger partial charge in [0.1, 0.15) is 5.82 Å². The fourth-order valence-corrected chi connectivity index (χ4v) is 3.71. The predicted octanol–water partition coefficient (Wildman–Crippen LogP) is 5.83. The van der Waals surface area contributed by atoms with Gasteiger partial charge in [-0.15, -0.1) is 0 Å². The van der Waals surface area contributed by atoms with Crippen LogP contribution in [-0.2, 0) is 12.6 Å². The van der Waals surface area contributed by atoms with E-state index >= 15 is 0 Å². The average Bonchev–Trinajstić information content (AvgIpc) is 2.89. The lowest BCUT2D eigenvalue weighted by Gasteiger charge is -2.10. The molecule has 0 spiro atoms.